The molecule has 1 aromatic carbocycles. The molecule has 0 aliphatic heterocycles. The Labute approximate surface area is 133 Å². The molecular formula is C16H16N2O5. The highest BCUT2D eigenvalue weighted by Crippen LogP contribution is 2.30. The van der Waals surface area contributed by atoms with E-state index in [-0.39, 0.29) is 16.9 Å². The fourth-order valence-electron chi connectivity index (χ4n) is 2.00. The first-order valence-electron chi connectivity index (χ1n) is 6.68. The lowest BCUT2D eigenvalue weighted by Gasteiger charge is -2.15. The van der Waals surface area contributed by atoms with Crippen LogP contribution in [0.4, 0.5) is 11.4 Å². The van der Waals surface area contributed by atoms with Crippen LogP contribution in [-0.2, 0) is 9.47 Å². The molecule has 1 heterocycles. The summed E-state index contributed by atoms with van der Waals surface area (Å²) in [5.74, 6) is -0.730. The fourth-order valence-corrected chi connectivity index (χ4v) is 2.00. The maximum atomic E-state index is 12.0. The van der Waals surface area contributed by atoms with E-state index in [2.05, 4.69) is 10.3 Å². The van der Waals surface area contributed by atoms with Gasteiger partial charge < -0.3 is 19.5 Å². The maximum absolute atomic E-state index is 12.0. The number of carbonyl (C=O) groups is 2. The van der Waals surface area contributed by atoms with Crippen molar-refractivity contribution in [3.8, 4) is 5.75 Å². The number of nitrogens with one attached hydrogen (secondary N) is 1. The molecule has 2 rings (SSSR count). The van der Waals surface area contributed by atoms with Gasteiger partial charge in [0.25, 0.3) is 0 Å². The van der Waals surface area contributed by atoms with Crippen LogP contribution < -0.4 is 10.1 Å². The van der Waals surface area contributed by atoms with Gasteiger partial charge in [-0.15, -0.1) is 0 Å². The van der Waals surface area contributed by atoms with Gasteiger partial charge in [0.05, 0.1) is 38.3 Å². The number of methoxy groups -OCH3 is 3. The summed E-state index contributed by atoms with van der Waals surface area (Å²) in [5, 5.41) is 3.00. The van der Waals surface area contributed by atoms with Gasteiger partial charge in [-0.2, -0.15) is 0 Å². The molecule has 0 unspecified atom stereocenters. The molecule has 0 aliphatic rings. The van der Waals surface area contributed by atoms with Gasteiger partial charge in [-0.25, -0.2) is 14.6 Å². The third-order valence-electron chi connectivity index (χ3n) is 3.10. The Bertz CT molecular complexity index is 696. The van der Waals surface area contributed by atoms with Crippen molar-refractivity contribution >= 4 is 23.3 Å². The van der Waals surface area contributed by atoms with Crippen molar-refractivity contribution in [2.24, 2.45) is 0 Å². The minimum atomic E-state index is -0.673. The van der Waals surface area contributed by atoms with E-state index in [0.29, 0.717) is 11.4 Å². The molecule has 0 amide bonds. The average Bonchev–Trinajstić information content (AvgIpc) is 2.61. The standard InChI is InChI=1S/C16H16N2O5/c1-21-12-7-5-4-6-11(12)18-13-10(15(19)22-2)8-9-17-14(13)16(20)23-3/h4-9,18H,1-3H3. The Balaban J connectivity index is 2.57. The van der Waals surface area contributed by atoms with E-state index in [1.165, 1.54) is 33.6 Å². The van der Waals surface area contributed by atoms with Crippen molar-refractivity contribution in [3.63, 3.8) is 0 Å². The van der Waals surface area contributed by atoms with E-state index in [4.69, 9.17) is 14.2 Å². The van der Waals surface area contributed by atoms with Crippen LogP contribution in [0.5, 0.6) is 5.75 Å². The lowest BCUT2D eigenvalue weighted by atomic mass is 10.1. The predicted octanol–water partition coefficient (Wildman–Crippen LogP) is 2.41. The minimum absolute atomic E-state index is 0.0266. The normalized spacial score (nSPS) is 9.87. The van der Waals surface area contributed by atoms with Crippen molar-refractivity contribution < 1.29 is 23.8 Å². The van der Waals surface area contributed by atoms with Gasteiger partial charge in [-0.05, 0) is 18.2 Å². The molecule has 1 aromatic heterocycles. The van der Waals surface area contributed by atoms with Crippen LogP contribution in [0.15, 0.2) is 36.5 Å². The number of hydrogen-bond donors (Lipinski definition) is 1. The maximum Gasteiger partial charge on any atom is 0.358 e. The van der Waals surface area contributed by atoms with E-state index < -0.39 is 11.9 Å². The summed E-state index contributed by atoms with van der Waals surface area (Å²) in [4.78, 5) is 27.9. The summed E-state index contributed by atoms with van der Waals surface area (Å²) < 4.78 is 14.7. The molecule has 2 aromatic rings. The Hall–Kier alpha value is -3.09. The smallest absolute Gasteiger partial charge is 0.358 e. The topological polar surface area (TPSA) is 86.8 Å². The molecule has 0 saturated heterocycles. The van der Waals surface area contributed by atoms with E-state index in [1.807, 2.05) is 0 Å². The highest BCUT2D eigenvalue weighted by atomic mass is 16.5. The van der Waals surface area contributed by atoms with E-state index in [1.54, 1.807) is 24.3 Å². The van der Waals surface area contributed by atoms with Gasteiger partial charge in [0.15, 0.2) is 5.69 Å². The molecule has 0 aliphatic carbocycles. The highest BCUT2D eigenvalue weighted by molar-refractivity contribution is 6.04. The number of carbonyl (C=O) groups excluding carboxylic acids is 2. The summed E-state index contributed by atoms with van der Waals surface area (Å²) in [7, 11) is 4.02. The zero-order chi connectivity index (χ0) is 16.8. The first kappa shape index (κ1) is 16.3. The highest BCUT2D eigenvalue weighted by Gasteiger charge is 2.22. The second-order valence-corrected chi connectivity index (χ2v) is 4.39. The minimum Gasteiger partial charge on any atom is -0.495 e. The Morgan fingerprint density at radius 3 is 2.35 bits per heavy atom. The van der Waals surface area contributed by atoms with Crippen molar-refractivity contribution in [2.45, 2.75) is 0 Å². The third-order valence-corrected chi connectivity index (χ3v) is 3.10. The Morgan fingerprint density at radius 1 is 1.00 bits per heavy atom. The molecule has 0 atom stereocenters. The number of rotatable bonds is 5. The van der Waals surface area contributed by atoms with Crippen LogP contribution in [0, 0.1) is 0 Å². The first-order chi connectivity index (χ1) is 11.1. The van der Waals surface area contributed by atoms with Crippen molar-refractivity contribution in [1.82, 2.24) is 4.98 Å². The van der Waals surface area contributed by atoms with E-state index in [0.717, 1.165) is 0 Å². The first-order valence-corrected chi connectivity index (χ1v) is 6.68. The molecule has 0 saturated carbocycles. The molecule has 0 fully saturated rings. The molecule has 0 radical (unpaired) electrons. The van der Waals surface area contributed by atoms with Crippen LogP contribution >= 0.6 is 0 Å². The number of ether oxygens (including phenoxy) is 3. The zero-order valence-electron chi connectivity index (χ0n) is 13.0. The SMILES string of the molecule is COC(=O)c1ccnc(C(=O)OC)c1Nc1ccccc1OC. The van der Waals surface area contributed by atoms with Crippen LogP contribution in [0.3, 0.4) is 0 Å². The molecule has 0 spiro atoms. The number of aromatic nitrogens is 1. The lowest BCUT2D eigenvalue weighted by Crippen LogP contribution is -2.14. The zero-order valence-corrected chi connectivity index (χ0v) is 13.0. The molecule has 120 valence electrons. The molecular weight excluding hydrogens is 300 g/mol. The number of esters is 2. The van der Waals surface area contributed by atoms with Crippen molar-refractivity contribution in [1.29, 1.82) is 0 Å². The third kappa shape index (κ3) is 3.39. The molecule has 7 nitrogen and oxygen atoms in total. The van der Waals surface area contributed by atoms with E-state index in [9.17, 15) is 9.59 Å². The Kier molecular flexibility index (Phi) is 5.14. The largest absolute Gasteiger partial charge is 0.495 e. The summed E-state index contributed by atoms with van der Waals surface area (Å²) in [5.41, 5.74) is 0.893. The number of para-hydroxylation sites is 2. The van der Waals surface area contributed by atoms with Gasteiger partial charge in [0, 0.05) is 6.20 Å². The molecule has 23 heavy (non-hydrogen) atoms. The molecule has 0 bridgehead atoms. The van der Waals surface area contributed by atoms with Crippen molar-refractivity contribution in [2.75, 3.05) is 26.6 Å². The number of nitrogens with zero attached hydrogens (tertiary/aromatic N) is 1. The number of hydrogen-bond acceptors (Lipinski definition) is 7. The lowest BCUT2D eigenvalue weighted by molar-refractivity contribution is 0.0595. The predicted molar refractivity (Wildman–Crippen MR) is 83.2 cm³/mol. The summed E-state index contributed by atoms with van der Waals surface area (Å²) in [6.45, 7) is 0. The number of pyridine rings is 1. The van der Waals surface area contributed by atoms with Gasteiger partial charge in [0.2, 0.25) is 0 Å². The van der Waals surface area contributed by atoms with Gasteiger partial charge in [0.1, 0.15) is 5.75 Å². The number of benzene rings is 1. The molecule has 7 heteroatoms. The van der Waals surface area contributed by atoms with E-state index >= 15 is 0 Å². The summed E-state index contributed by atoms with van der Waals surface area (Å²) in [6, 6.07) is 8.53. The monoisotopic (exact) mass is 316 g/mol. The second-order valence-electron chi connectivity index (χ2n) is 4.39. The van der Waals surface area contributed by atoms with Crippen LogP contribution in [0.1, 0.15) is 20.8 Å². The number of anilines is 2. The Morgan fingerprint density at radius 2 is 1.70 bits per heavy atom. The van der Waals surface area contributed by atoms with Crippen molar-refractivity contribution in [3.05, 3.63) is 47.8 Å². The van der Waals surface area contributed by atoms with Gasteiger partial charge in [-0.3, -0.25) is 0 Å². The average molecular weight is 316 g/mol. The molecule has 1 N–H and O–H groups in total. The fraction of sp³-hybridized carbons (Fsp3) is 0.188. The summed E-state index contributed by atoms with van der Waals surface area (Å²) in [6.07, 6.45) is 1.34. The second kappa shape index (κ2) is 7.26. The van der Waals surface area contributed by atoms with Crippen LogP contribution in [0.2, 0.25) is 0 Å². The van der Waals surface area contributed by atoms with Crippen LogP contribution in [0.25, 0.3) is 0 Å². The van der Waals surface area contributed by atoms with Gasteiger partial charge in [-0.1, -0.05) is 12.1 Å². The quantitative estimate of drug-likeness (QED) is 0.847. The van der Waals surface area contributed by atoms with Gasteiger partial charge >= 0.3 is 11.9 Å². The summed E-state index contributed by atoms with van der Waals surface area (Å²) >= 11 is 0. The van der Waals surface area contributed by atoms with Crippen LogP contribution in [-0.4, -0.2) is 38.3 Å².